The van der Waals surface area contributed by atoms with E-state index in [0.29, 0.717) is 25.6 Å². The number of likely N-dealkylation sites (tertiary alicyclic amines) is 1. The molecule has 154 valence electrons. The lowest BCUT2D eigenvalue weighted by molar-refractivity contribution is -0.384. The second kappa shape index (κ2) is 8.87. The van der Waals surface area contributed by atoms with Gasteiger partial charge in [-0.05, 0) is 18.6 Å². The highest BCUT2D eigenvalue weighted by atomic mass is 19.4. The first kappa shape index (κ1) is 21.4. The lowest BCUT2D eigenvalue weighted by atomic mass is 10.1. The number of alkyl halides is 3. The number of amides is 2. The van der Waals surface area contributed by atoms with E-state index in [1.807, 2.05) is 0 Å². The van der Waals surface area contributed by atoms with E-state index in [2.05, 4.69) is 5.32 Å². The number of nitro benzene ring substituents is 1. The Morgan fingerprint density at radius 2 is 2.11 bits per heavy atom. The molecule has 0 aliphatic carbocycles. The summed E-state index contributed by atoms with van der Waals surface area (Å²) in [4.78, 5) is 34.5. The van der Waals surface area contributed by atoms with E-state index >= 15 is 0 Å². The van der Waals surface area contributed by atoms with Crippen molar-refractivity contribution in [1.82, 2.24) is 4.90 Å². The summed E-state index contributed by atoms with van der Waals surface area (Å²) in [6.07, 6.45) is -4.44. The van der Waals surface area contributed by atoms with Crippen molar-refractivity contribution in [3.05, 3.63) is 33.9 Å². The number of nitrogens with zero attached hydrogens (tertiary/aromatic N) is 2. The molecule has 1 aliphatic heterocycles. The molecule has 1 aliphatic rings. The molecular weight excluding hydrogens is 385 g/mol. The van der Waals surface area contributed by atoms with E-state index in [0.717, 1.165) is 12.1 Å². The number of carbonyl (C=O) groups is 2. The number of nitrogens with one attached hydrogen (secondary N) is 1. The van der Waals surface area contributed by atoms with Crippen LogP contribution in [-0.4, -0.2) is 54.0 Å². The predicted octanol–water partition coefficient (Wildman–Crippen LogP) is 1.52. The summed E-state index contributed by atoms with van der Waals surface area (Å²) in [5.41, 5.74) is 3.04. The Kier molecular flexibility index (Phi) is 6.78. The fourth-order valence-electron chi connectivity index (χ4n) is 2.76. The van der Waals surface area contributed by atoms with Crippen molar-refractivity contribution in [3.63, 3.8) is 0 Å². The Hall–Kier alpha value is -2.89. The minimum atomic E-state index is -4.69. The number of nitro groups is 1. The quantitative estimate of drug-likeness (QED) is 0.499. The highest BCUT2D eigenvalue weighted by Gasteiger charge is 2.33. The van der Waals surface area contributed by atoms with E-state index in [-0.39, 0.29) is 37.3 Å². The number of hydrogen-bond donors (Lipinski definition) is 2. The van der Waals surface area contributed by atoms with Gasteiger partial charge in [-0.15, -0.1) is 0 Å². The zero-order valence-electron chi connectivity index (χ0n) is 14.7. The normalized spacial score (nSPS) is 16.8. The second-order valence-corrected chi connectivity index (χ2v) is 6.19. The smallest absolute Gasteiger partial charge is 0.379 e. The van der Waals surface area contributed by atoms with Crippen LogP contribution in [0.3, 0.4) is 0 Å². The largest absolute Gasteiger partial charge is 0.416 e. The molecule has 12 heteroatoms. The van der Waals surface area contributed by atoms with Gasteiger partial charge in [0.05, 0.1) is 16.6 Å². The number of halogens is 3. The zero-order valence-corrected chi connectivity index (χ0v) is 14.7. The summed E-state index contributed by atoms with van der Waals surface area (Å²) >= 11 is 0. The molecule has 0 saturated carbocycles. The molecule has 3 N–H and O–H groups in total. The van der Waals surface area contributed by atoms with Gasteiger partial charge in [0.2, 0.25) is 11.8 Å². The third-order valence-corrected chi connectivity index (χ3v) is 4.14. The standard InChI is InChI=1S/C16H19F3N4O5/c17-16(18,19)10-1-2-12(13(7-10)23(26)27)21-5-3-15(25)22-6-4-11(8-22)28-9-14(20)24/h1-2,7,11,21H,3-6,8-9H2,(H2,20,24)/t11-/m0/s1. The van der Waals surface area contributed by atoms with Crippen LogP contribution in [0.4, 0.5) is 24.5 Å². The van der Waals surface area contributed by atoms with E-state index in [9.17, 15) is 32.9 Å². The van der Waals surface area contributed by atoms with Gasteiger partial charge in [0.15, 0.2) is 0 Å². The van der Waals surface area contributed by atoms with E-state index < -0.39 is 28.3 Å². The van der Waals surface area contributed by atoms with Crippen molar-refractivity contribution in [2.45, 2.75) is 25.1 Å². The molecule has 1 heterocycles. The van der Waals surface area contributed by atoms with Crippen molar-refractivity contribution in [1.29, 1.82) is 0 Å². The molecule has 0 unspecified atom stereocenters. The molecule has 9 nitrogen and oxygen atoms in total. The average molecular weight is 404 g/mol. The number of primary amides is 1. The molecule has 1 saturated heterocycles. The predicted molar refractivity (Wildman–Crippen MR) is 91.3 cm³/mol. The molecule has 0 radical (unpaired) electrons. The van der Waals surface area contributed by atoms with E-state index in [4.69, 9.17) is 10.5 Å². The molecule has 0 aromatic heterocycles. The summed E-state index contributed by atoms with van der Waals surface area (Å²) < 4.78 is 43.3. The first-order chi connectivity index (χ1) is 13.1. The van der Waals surface area contributed by atoms with Gasteiger partial charge in [-0.2, -0.15) is 13.2 Å². The maximum atomic E-state index is 12.7. The highest BCUT2D eigenvalue weighted by Crippen LogP contribution is 2.34. The number of anilines is 1. The van der Waals surface area contributed by atoms with Crippen LogP contribution >= 0.6 is 0 Å². The van der Waals surface area contributed by atoms with Gasteiger partial charge in [-0.3, -0.25) is 19.7 Å². The van der Waals surface area contributed by atoms with Crippen LogP contribution in [0.2, 0.25) is 0 Å². The maximum absolute atomic E-state index is 12.7. The van der Waals surface area contributed by atoms with Crippen LogP contribution in [0.15, 0.2) is 18.2 Å². The van der Waals surface area contributed by atoms with Crippen molar-refractivity contribution >= 4 is 23.2 Å². The number of benzene rings is 1. The number of hydrogen-bond acceptors (Lipinski definition) is 6. The highest BCUT2D eigenvalue weighted by molar-refractivity contribution is 5.77. The number of ether oxygens (including phenoxy) is 1. The minimum absolute atomic E-state index is 0.00828. The minimum Gasteiger partial charge on any atom is -0.379 e. The summed E-state index contributed by atoms with van der Waals surface area (Å²) in [5, 5.41) is 13.7. The Morgan fingerprint density at radius 1 is 1.39 bits per heavy atom. The third kappa shape index (κ3) is 5.81. The number of carbonyl (C=O) groups excluding carboxylic acids is 2. The first-order valence-corrected chi connectivity index (χ1v) is 8.35. The molecular formula is C16H19F3N4O5. The van der Waals surface area contributed by atoms with Crippen LogP contribution in [0.1, 0.15) is 18.4 Å². The summed E-state index contributed by atoms with van der Waals surface area (Å²) in [6, 6.07) is 2.15. The van der Waals surface area contributed by atoms with Gasteiger partial charge in [-0.1, -0.05) is 0 Å². The van der Waals surface area contributed by atoms with E-state index in [1.54, 1.807) is 0 Å². The molecule has 2 rings (SSSR count). The lowest BCUT2D eigenvalue weighted by Gasteiger charge is -2.17. The molecule has 0 bridgehead atoms. The van der Waals surface area contributed by atoms with Gasteiger partial charge in [0, 0.05) is 32.1 Å². The second-order valence-electron chi connectivity index (χ2n) is 6.19. The fraction of sp³-hybridized carbons (Fsp3) is 0.500. The van der Waals surface area contributed by atoms with Crippen LogP contribution in [0.25, 0.3) is 0 Å². The van der Waals surface area contributed by atoms with Crippen molar-refractivity contribution in [2.75, 3.05) is 31.6 Å². The van der Waals surface area contributed by atoms with E-state index in [1.165, 1.54) is 4.90 Å². The zero-order chi connectivity index (χ0) is 20.9. The molecule has 1 fully saturated rings. The van der Waals surface area contributed by atoms with Gasteiger partial charge in [0.1, 0.15) is 12.3 Å². The maximum Gasteiger partial charge on any atom is 0.416 e. The van der Waals surface area contributed by atoms with Gasteiger partial charge >= 0.3 is 6.18 Å². The Balaban J connectivity index is 1.88. The Labute approximate surface area is 157 Å². The lowest BCUT2D eigenvalue weighted by Crippen LogP contribution is -2.32. The summed E-state index contributed by atoms with van der Waals surface area (Å²) in [6.45, 7) is 0.509. The van der Waals surface area contributed by atoms with Gasteiger partial charge in [-0.25, -0.2) is 0 Å². The van der Waals surface area contributed by atoms with Crippen molar-refractivity contribution in [3.8, 4) is 0 Å². The summed E-state index contributed by atoms with van der Waals surface area (Å²) in [7, 11) is 0. The fourth-order valence-corrected chi connectivity index (χ4v) is 2.76. The van der Waals surface area contributed by atoms with Crippen molar-refractivity contribution < 1.29 is 32.4 Å². The Morgan fingerprint density at radius 3 is 2.71 bits per heavy atom. The molecule has 1 atom stereocenters. The molecule has 1 aromatic rings. The molecule has 1 aromatic carbocycles. The third-order valence-electron chi connectivity index (χ3n) is 4.14. The molecule has 28 heavy (non-hydrogen) atoms. The number of nitrogens with two attached hydrogens (primary N) is 1. The first-order valence-electron chi connectivity index (χ1n) is 8.35. The van der Waals surface area contributed by atoms with Crippen LogP contribution in [0.5, 0.6) is 0 Å². The van der Waals surface area contributed by atoms with Crippen LogP contribution in [-0.2, 0) is 20.5 Å². The summed E-state index contributed by atoms with van der Waals surface area (Å²) in [5.74, 6) is -0.848. The average Bonchev–Trinajstić information content (AvgIpc) is 3.08. The van der Waals surface area contributed by atoms with Crippen LogP contribution < -0.4 is 11.1 Å². The van der Waals surface area contributed by atoms with Crippen LogP contribution in [0, 0.1) is 10.1 Å². The monoisotopic (exact) mass is 404 g/mol. The topological polar surface area (TPSA) is 128 Å². The molecule has 2 amide bonds. The molecule has 0 spiro atoms. The van der Waals surface area contributed by atoms with Gasteiger partial charge in [0.25, 0.3) is 5.69 Å². The van der Waals surface area contributed by atoms with Crippen molar-refractivity contribution in [2.24, 2.45) is 5.73 Å². The SMILES string of the molecule is NC(=O)CO[C@H]1CCN(C(=O)CCNc2ccc(C(F)(F)F)cc2[N+](=O)[O-])C1. The Bertz CT molecular complexity index is 756. The van der Waals surface area contributed by atoms with Gasteiger partial charge < -0.3 is 20.7 Å². The number of rotatable bonds is 8.